The third-order valence-corrected chi connectivity index (χ3v) is 4.31. The summed E-state index contributed by atoms with van der Waals surface area (Å²) in [7, 11) is 0. The summed E-state index contributed by atoms with van der Waals surface area (Å²) in [5.41, 5.74) is 4.62. The van der Waals surface area contributed by atoms with E-state index in [-0.39, 0.29) is 0 Å². The van der Waals surface area contributed by atoms with Crippen LogP contribution in [-0.2, 0) is 6.54 Å². The summed E-state index contributed by atoms with van der Waals surface area (Å²) in [4.78, 5) is 5.66. The van der Waals surface area contributed by atoms with Gasteiger partial charge in [0.2, 0.25) is 5.89 Å². The monoisotopic (exact) mass is 298 g/mol. The predicted molar refractivity (Wildman–Crippen MR) is 87.8 cm³/mol. The number of aryl methyl sites for hydroxylation is 3. The lowest BCUT2D eigenvalue weighted by molar-refractivity contribution is 0.541. The number of benzene rings is 1. The lowest BCUT2D eigenvalue weighted by Gasteiger charge is -2.09. The van der Waals surface area contributed by atoms with E-state index in [2.05, 4.69) is 42.3 Å². The molecule has 0 aliphatic heterocycles. The Balaban J connectivity index is 1.76. The van der Waals surface area contributed by atoms with Crippen molar-refractivity contribution >= 4 is 17.0 Å². The van der Waals surface area contributed by atoms with Gasteiger partial charge in [-0.1, -0.05) is 23.8 Å². The highest BCUT2D eigenvalue weighted by molar-refractivity contribution is 7.13. The van der Waals surface area contributed by atoms with Crippen LogP contribution in [0.4, 0.5) is 5.69 Å². The van der Waals surface area contributed by atoms with Crippen molar-refractivity contribution in [3.8, 4) is 10.8 Å². The van der Waals surface area contributed by atoms with E-state index in [0.29, 0.717) is 12.4 Å². The van der Waals surface area contributed by atoms with Crippen molar-refractivity contribution in [3.05, 3.63) is 58.3 Å². The van der Waals surface area contributed by atoms with Crippen molar-refractivity contribution in [2.75, 3.05) is 5.32 Å². The molecule has 0 aliphatic rings. The highest BCUT2D eigenvalue weighted by Gasteiger charge is 2.12. The van der Waals surface area contributed by atoms with Gasteiger partial charge in [-0.15, -0.1) is 11.3 Å². The molecule has 0 bridgehead atoms. The van der Waals surface area contributed by atoms with Gasteiger partial charge in [-0.05, 0) is 43.8 Å². The molecule has 0 radical (unpaired) electrons. The van der Waals surface area contributed by atoms with Gasteiger partial charge in [0.15, 0.2) is 0 Å². The smallest absolute Gasteiger partial charge is 0.236 e. The molecule has 0 fully saturated rings. The van der Waals surface area contributed by atoms with Crippen LogP contribution in [-0.4, -0.2) is 4.98 Å². The molecule has 0 amide bonds. The minimum atomic E-state index is 0.671. The fraction of sp³-hybridized carbons (Fsp3) is 0.235. The van der Waals surface area contributed by atoms with E-state index < -0.39 is 0 Å². The number of aromatic nitrogens is 1. The third-order valence-electron chi connectivity index (χ3n) is 3.45. The zero-order chi connectivity index (χ0) is 14.8. The molecule has 0 saturated carbocycles. The number of anilines is 1. The average molecular weight is 298 g/mol. The Hall–Kier alpha value is -2.07. The number of nitrogens with zero attached hydrogens (tertiary/aromatic N) is 1. The number of hydrogen-bond acceptors (Lipinski definition) is 4. The summed E-state index contributed by atoms with van der Waals surface area (Å²) in [6.45, 7) is 6.85. The van der Waals surface area contributed by atoms with Crippen molar-refractivity contribution < 1.29 is 4.42 Å². The van der Waals surface area contributed by atoms with Crippen molar-refractivity contribution in [1.29, 1.82) is 0 Å². The van der Waals surface area contributed by atoms with Gasteiger partial charge in [0.25, 0.3) is 0 Å². The summed E-state index contributed by atoms with van der Waals surface area (Å²) in [5.74, 6) is 1.58. The molecule has 3 rings (SSSR count). The predicted octanol–water partition coefficient (Wildman–Crippen LogP) is 4.94. The first-order chi connectivity index (χ1) is 10.1. The summed E-state index contributed by atoms with van der Waals surface area (Å²) >= 11 is 1.64. The van der Waals surface area contributed by atoms with Crippen molar-refractivity contribution in [3.63, 3.8) is 0 Å². The summed E-state index contributed by atoms with van der Waals surface area (Å²) in [6.07, 6.45) is 0. The van der Waals surface area contributed by atoms with Crippen LogP contribution in [0.1, 0.15) is 22.6 Å². The number of oxazole rings is 1. The maximum atomic E-state index is 5.76. The Kier molecular flexibility index (Phi) is 3.80. The highest BCUT2D eigenvalue weighted by Crippen LogP contribution is 2.26. The SMILES string of the molecule is Cc1ccc(NCc2nc(-c3cccs3)oc2C)c(C)c1. The molecule has 0 unspecified atom stereocenters. The van der Waals surface area contributed by atoms with Gasteiger partial charge in [-0.25, -0.2) is 4.98 Å². The van der Waals surface area contributed by atoms with Gasteiger partial charge in [0, 0.05) is 5.69 Å². The minimum Gasteiger partial charge on any atom is -0.440 e. The van der Waals surface area contributed by atoms with Crippen molar-refractivity contribution in [2.45, 2.75) is 27.3 Å². The molecule has 3 nitrogen and oxygen atoms in total. The van der Waals surface area contributed by atoms with Crippen LogP contribution in [0.25, 0.3) is 10.8 Å². The summed E-state index contributed by atoms with van der Waals surface area (Å²) < 4.78 is 5.76. The molecule has 0 aliphatic carbocycles. The molecule has 0 saturated heterocycles. The Labute approximate surface area is 128 Å². The molecule has 1 aromatic carbocycles. The van der Waals surface area contributed by atoms with Crippen LogP contribution in [0.3, 0.4) is 0 Å². The van der Waals surface area contributed by atoms with Gasteiger partial charge in [0.05, 0.1) is 11.4 Å². The zero-order valence-corrected chi connectivity index (χ0v) is 13.3. The Morgan fingerprint density at radius 2 is 2.05 bits per heavy atom. The molecule has 0 spiro atoms. The quantitative estimate of drug-likeness (QED) is 0.741. The van der Waals surface area contributed by atoms with Crippen LogP contribution in [0, 0.1) is 20.8 Å². The minimum absolute atomic E-state index is 0.671. The van der Waals surface area contributed by atoms with E-state index in [1.165, 1.54) is 11.1 Å². The third kappa shape index (κ3) is 3.00. The van der Waals surface area contributed by atoms with Gasteiger partial charge in [0.1, 0.15) is 11.5 Å². The molecule has 4 heteroatoms. The first kappa shape index (κ1) is 13.9. The topological polar surface area (TPSA) is 38.1 Å². The molecular formula is C17H18N2OS. The van der Waals surface area contributed by atoms with Gasteiger partial charge >= 0.3 is 0 Å². The normalized spacial score (nSPS) is 10.8. The maximum absolute atomic E-state index is 5.76. The van der Waals surface area contributed by atoms with E-state index in [1.807, 2.05) is 24.4 Å². The van der Waals surface area contributed by atoms with Crippen LogP contribution >= 0.6 is 11.3 Å². The molecule has 2 aromatic heterocycles. The lowest BCUT2D eigenvalue weighted by atomic mass is 10.1. The van der Waals surface area contributed by atoms with Gasteiger partial charge in [-0.3, -0.25) is 0 Å². The number of thiophene rings is 1. The average Bonchev–Trinajstić information content (AvgIpc) is 3.07. The van der Waals surface area contributed by atoms with Crippen molar-refractivity contribution in [1.82, 2.24) is 4.98 Å². The molecule has 21 heavy (non-hydrogen) atoms. The van der Waals surface area contributed by atoms with E-state index >= 15 is 0 Å². The van der Waals surface area contributed by atoms with E-state index in [0.717, 1.165) is 22.0 Å². The second kappa shape index (κ2) is 5.74. The van der Waals surface area contributed by atoms with E-state index in [9.17, 15) is 0 Å². The van der Waals surface area contributed by atoms with E-state index in [1.54, 1.807) is 11.3 Å². The zero-order valence-electron chi connectivity index (χ0n) is 12.4. The molecule has 1 N–H and O–H groups in total. The lowest BCUT2D eigenvalue weighted by Crippen LogP contribution is -2.02. The molecule has 0 atom stereocenters. The van der Waals surface area contributed by atoms with Crippen molar-refractivity contribution in [2.24, 2.45) is 0 Å². The second-order valence-electron chi connectivity index (χ2n) is 5.17. The molecule has 108 valence electrons. The number of rotatable bonds is 4. The fourth-order valence-corrected chi connectivity index (χ4v) is 2.94. The largest absolute Gasteiger partial charge is 0.440 e. The van der Waals surface area contributed by atoms with Crippen LogP contribution < -0.4 is 5.32 Å². The van der Waals surface area contributed by atoms with Gasteiger partial charge < -0.3 is 9.73 Å². The maximum Gasteiger partial charge on any atom is 0.236 e. The van der Waals surface area contributed by atoms with Crippen LogP contribution in [0.15, 0.2) is 40.1 Å². The standard InChI is InChI=1S/C17H18N2OS/c1-11-6-7-14(12(2)9-11)18-10-15-13(3)20-17(19-15)16-5-4-8-21-16/h4-9,18H,10H2,1-3H3. The fourth-order valence-electron chi connectivity index (χ4n) is 2.29. The number of hydrogen-bond donors (Lipinski definition) is 1. The Bertz CT molecular complexity index is 744. The summed E-state index contributed by atoms with van der Waals surface area (Å²) in [5, 5.41) is 5.47. The van der Waals surface area contributed by atoms with E-state index in [4.69, 9.17) is 4.42 Å². The van der Waals surface area contributed by atoms with Crippen LogP contribution in [0.5, 0.6) is 0 Å². The molecule has 2 heterocycles. The first-order valence-corrected chi connectivity index (χ1v) is 7.83. The summed E-state index contributed by atoms with van der Waals surface area (Å²) in [6, 6.07) is 10.4. The van der Waals surface area contributed by atoms with Gasteiger partial charge in [-0.2, -0.15) is 0 Å². The number of nitrogens with one attached hydrogen (secondary N) is 1. The Morgan fingerprint density at radius 3 is 2.76 bits per heavy atom. The highest BCUT2D eigenvalue weighted by atomic mass is 32.1. The Morgan fingerprint density at radius 1 is 1.19 bits per heavy atom. The second-order valence-corrected chi connectivity index (χ2v) is 6.12. The van der Waals surface area contributed by atoms with Crippen LogP contribution in [0.2, 0.25) is 0 Å². The molecule has 3 aromatic rings. The molecular weight excluding hydrogens is 280 g/mol. The first-order valence-electron chi connectivity index (χ1n) is 6.95.